The maximum Gasteiger partial charge on any atom is 0.356 e. The smallest absolute Gasteiger partial charge is 0.356 e. The van der Waals surface area contributed by atoms with E-state index < -0.39 is 5.97 Å². The number of hydrogen-bond acceptors (Lipinski definition) is 5. The Bertz CT molecular complexity index is 487. The molecule has 1 saturated carbocycles. The van der Waals surface area contributed by atoms with Gasteiger partial charge in [-0.15, -0.1) is 0 Å². The molecule has 5 nitrogen and oxygen atoms in total. The maximum absolute atomic E-state index is 11.4. The van der Waals surface area contributed by atoms with Crippen molar-refractivity contribution in [2.75, 3.05) is 11.9 Å². The van der Waals surface area contributed by atoms with Crippen LogP contribution in [0.2, 0.25) is 0 Å². The predicted molar refractivity (Wildman–Crippen MR) is 83.3 cm³/mol. The average molecular weight is 310 g/mol. The molecule has 2 N–H and O–H groups in total. The van der Waals surface area contributed by atoms with Gasteiger partial charge in [0.2, 0.25) is 0 Å². The Morgan fingerprint density at radius 1 is 1.33 bits per heavy atom. The summed E-state index contributed by atoms with van der Waals surface area (Å²) < 4.78 is 0. The van der Waals surface area contributed by atoms with Crippen LogP contribution in [0.5, 0.6) is 0 Å². The molecule has 1 aliphatic rings. The van der Waals surface area contributed by atoms with Crippen molar-refractivity contribution in [3.05, 3.63) is 10.6 Å². The summed E-state index contributed by atoms with van der Waals surface area (Å²) in [5.41, 5.74) is -0.138. The summed E-state index contributed by atoms with van der Waals surface area (Å²) in [4.78, 5) is 26.7. The van der Waals surface area contributed by atoms with Crippen LogP contribution in [-0.4, -0.2) is 28.4 Å². The number of aromatic nitrogens is 1. The number of thiazole rings is 1. The van der Waals surface area contributed by atoms with Gasteiger partial charge in [-0.25, -0.2) is 9.78 Å². The molecule has 1 aromatic heterocycles. The lowest BCUT2D eigenvalue weighted by molar-refractivity contribution is 0.0687. The number of anilines is 1. The van der Waals surface area contributed by atoms with Crippen molar-refractivity contribution in [2.45, 2.75) is 46.0 Å². The van der Waals surface area contributed by atoms with Crippen LogP contribution in [0.15, 0.2) is 0 Å². The van der Waals surface area contributed by atoms with Gasteiger partial charge in [0.25, 0.3) is 0 Å². The third-order valence-corrected chi connectivity index (χ3v) is 5.23. The van der Waals surface area contributed by atoms with Gasteiger partial charge in [0.15, 0.2) is 16.6 Å². The molecule has 0 amide bonds. The number of carbonyl (C=O) groups is 2. The topological polar surface area (TPSA) is 79.3 Å². The summed E-state index contributed by atoms with van der Waals surface area (Å²) in [6, 6.07) is 0. The molecule has 1 heterocycles. The molecular weight excluding hydrogens is 288 g/mol. The Labute approximate surface area is 128 Å². The molecule has 0 bridgehead atoms. The molecule has 0 radical (unpaired) electrons. The summed E-state index contributed by atoms with van der Waals surface area (Å²) in [6.45, 7) is 4.46. The van der Waals surface area contributed by atoms with Gasteiger partial charge in [-0.05, 0) is 18.3 Å². The van der Waals surface area contributed by atoms with E-state index in [1.165, 1.54) is 32.6 Å². The first-order valence-electron chi connectivity index (χ1n) is 7.46. The number of hydrogen-bond donors (Lipinski definition) is 2. The normalized spacial score (nSPS) is 22.0. The van der Waals surface area contributed by atoms with Crippen molar-refractivity contribution in [3.8, 4) is 0 Å². The van der Waals surface area contributed by atoms with Crippen molar-refractivity contribution in [2.24, 2.45) is 11.8 Å². The Morgan fingerprint density at radius 2 is 2.00 bits per heavy atom. The highest BCUT2D eigenvalue weighted by atomic mass is 32.1. The fourth-order valence-corrected chi connectivity index (χ4v) is 3.66. The molecule has 1 aliphatic carbocycles. The van der Waals surface area contributed by atoms with E-state index in [0.717, 1.165) is 36.1 Å². The molecule has 1 fully saturated rings. The van der Waals surface area contributed by atoms with E-state index in [9.17, 15) is 9.59 Å². The zero-order valence-corrected chi connectivity index (χ0v) is 13.3. The minimum Gasteiger partial charge on any atom is -0.476 e. The van der Waals surface area contributed by atoms with Gasteiger partial charge >= 0.3 is 5.97 Å². The average Bonchev–Trinajstić information content (AvgIpc) is 2.86. The predicted octanol–water partition coefficient (Wildman–Crippen LogP) is 3.67. The second-order valence-corrected chi connectivity index (χ2v) is 6.90. The van der Waals surface area contributed by atoms with Crippen LogP contribution < -0.4 is 5.32 Å². The van der Waals surface area contributed by atoms with Crippen LogP contribution in [-0.2, 0) is 0 Å². The summed E-state index contributed by atoms with van der Waals surface area (Å²) >= 11 is 1.13. The van der Waals surface area contributed by atoms with E-state index >= 15 is 0 Å². The van der Waals surface area contributed by atoms with Crippen molar-refractivity contribution in [1.82, 2.24) is 4.98 Å². The third-order valence-electron chi connectivity index (χ3n) is 4.11. The van der Waals surface area contributed by atoms with Crippen molar-refractivity contribution in [1.29, 1.82) is 0 Å². The quantitative estimate of drug-likeness (QED) is 0.784. The number of nitrogens with one attached hydrogen (secondary N) is 1. The molecule has 0 saturated heterocycles. The summed E-state index contributed by atoms with van der Waals surface area (Å²) in [5.74, 6) is 0.203. The molecule has 0 atom stereocenters. The lowest BCUT2D eigenvalue weighted by Crippen LogP contribution is -2.15. The Balaban J connectivity index is 1.87. The molecule has 6 heteroatoms. The SMILES string of the molecule is CC(=O)c1sc(NCCC2CCC(C)CC2)nc1C(=O)O. The number of Topliss-reactive ketones (excluding diaryl/α,β-unsaturated/α-hetero) is 1. The summed E-state index contributed by atoms with van der Waals surface area (Å²) in [7, 11) is 0. The number of nitrogens with zero attached hydrogens (tertiary/aromatic N) is 1. The second-order valence-electron chi connectivity index (χ2n) is 5.90. The number of aromatic carboxylic acids is 1. The van der Waals surface area contributed by atoms with Crippen LogP contribution in [0, 0.1) is 11.8 Å². The van der Waals surface area contributed by atoms with E-state index in [2.05, 4.69) is 17.2 Å². The Hall–Kier alpha value is -1.43. The fraction of sp³-hybridized carbons (Fsp3) is 0.667. The van der Waals surface area contributed by atoms with Gasteiger partial charge in [-0.1, -0.05) is 43.9 Å². The Morgan fingerprint density at radius 3 is 2.52 bits per heavy atom. The highest BCUT2D eigenvalue weighted by molar-refractivity contribution is 7.17. The van der Waals surface area contributed by atoms with Gasteiger partial charge in [0, 0.05) is 13.5 Å². The lowest BCUT2D eigenvalue weighted by Gasteiger charge is -2.26. The van der Waals surface area contributed by atoms with Crippen molar-refractivity contribution in [3.63, 3.8) is 0 Å². The standard InChI is InChI=1S/C15H22N2O3S/c1-9-3-5-11(6-4-9)7-8-16-15-17-12(14(19)20)13(21-15)10(2)18/h9,11H,3-8H2,1-2H3,(H,16,17)(H,19,20). The minimum atomic E-state index is -1.15. The third kappa shape index (κ3) is 4.27. The zero-order chi connectivity index (χ0) is 15.4. The van der Waals surface area contributed by atoms with E-state index in [-0.39, 0.29) is 16.4 Å². The van der Waals surface area contributed by atoms with E-state index in [1.807, 2.05) is 0 Å². The van der Waals surface area contributed by atoms with Crippen LogP contribution in [0.3, 0.4) is 0 Å². The fourth-order valence-electron chi connectivity index (χ4n) is 2.78. The second kappa shape index (κ2) is 7.02. The van der Waals surface area contributed by atoms with Crippen LogP contribution in [0.25, 0.3) is 0 Å². The first kappa shape index (κ1) is 15.9. The van der Waals surface area contributed by atoms with E-state index in [0.29, 0.717) is 5.13 Å². The van der Waals surface area contributed by atoms with Crippen molar-refractivity contribution < 1.29 is 14.7 Å². The number of carboxylic acid groups (broad SMARTS) is 1. The number of rotatable bonds is 6. The molecule has 21 heavy (non-hydrogen) atoms. The Kier molecular flexibility index (Phi) is 5.33. The number of ketones is 1. The van der Waals surface area contributed by atoms with Gasteiger partial charge in [-0.3, -0.25) is 4.79 Å². The molecule has 0 aliphatic heterocycles. The van der Waals surface area contributed by atoms with Gasteiger partial charge in [0.05, 0.1) is 0 Å². The first-order chi connectivity index (χ1) is 9.97. The highest BCUT2D eigenvalue weighted by Gasteiger charge is 2.21. The summed E-state index contributed by atoms with van der Waals surface area (Å²) in [5, 5.41) is 12.7. The number of carboxylic acids is 1. The van der Waals surface area contributed by atoms with Crippen LogP contribution >= 0.6 is 11.3 Å². The number of carbonyl (C=O) groups excluding carboxylic acids is 1. The molecule has 2 rings (SSSR count). The van der Waals surface area contributed by atoms with Gasteiger partial charge in [-0.2, -0.15) is 0 Å². The molecular formula is C15H22N2O3S. The minimum absolute atomic E-state index is 0.138. The van der Waals surface area contributed by atoms with Crippen LogP contribution in [0.4, 0.5) is 5.13 Å². The largest absolute Gasteiger partial charge is 0.476 e. The molecule has 116 valence electrons. The van der Waals surface area contributed by atoms with Gasteiger partial charge in [0.1, 0.15) is 4.88 Å². The van der Waals surface area contributed by atoms with Crippen molar-refractivity contribution >= 4 is 28.2 Å². The molecule has 0 unspecified atom stereocenters. The molecule has 0 spiro atoms. The lowest BCUT2D eigenvalue weighted by atomic mass is 9.81. The van der Waals surface area contributed by atoms with E-state index in [1.54, 1.807) is 0 Å². The summed E-state index contributed by atoms with van der Waals surface area (Å²) in [6.07, 6.45) is 6.24. The molecule has 0 aromatic carbocycles. The maximum atomic E-state index is 11.4. The van der Waals surface area contributed by atoms with E-state index in [4.69, 9.17) is 5.11 Å². The monoisotopic (exact) mass is 310 g/mol. The molecule has 1 aromatic rings. The first-order valence-corrected chi connectivity index (χ1v) is 8.28. The zero-order valence-electron chi connectivity index (χ0n) is 12.5. The van der Waals surface area contributed by atoms with Crippen LogP contribution in [0.1, 0.15) is 66.1 Å². The highest BCUT2D eigenvalue weighted by Crippen LogP contribution is 2.30. The van der Waals surface area contributed by atoms with Gasteiger partial charge < -0.3 is 10.4 Å².